The Bertz CT molecular complexity index is 400. The average Bonchev–Trinajstić information content (AvgIpc) is 2.46. The number of ether oxygens (including phenoxy) is 1. The van der Waals surface area contributed by atoms with Gasteiger partial charge in [-0.2, -0.15) is 0 Å². The Morgan fingerprint density at radius 3 is 2.78 bits per heavy atom. The molecule has 4 nitrogen and oxygen atoms in total. The number of hydrogen-bond donors (Lipinski definition) is 1. The van der Waals surface area contributed by atoms with Crippen molar-refractivity contribution in [2.45, 2.75) is 38.6 Å². The van der Waals surface area contributed by atoms with Gasteiger partial charge >= 0.3 is 0 Å². The van der Waals surface area contributed by atoms with Gasteiger partial charge in [0, 0.05) is 6.07 Å². The van der Waals surface area contributed by atoms with Gasteiger partial charge in [0.1, 0.15) is 0 Å². The summed E-state index contributed by atoms with van der Waals surface area (Å²) in [6.07, 6.45) is 7.27. The van der Waals surface area contributed by atoms with Crippen molar-refractivity contribution in [3.8, 4) is 5.88 Å². The van der Waals surface area contributed by atoms with Gasteiger partial charge in [0.2, 0.25) is 5.88 Å². The standard InChI is InChI=1S/C14H21N3O/c1-3-15-14(11-7-5-4-6-8-11)12-9-10-13(18-2)17-16-12/h7,9-10,14-15H,3-6,8H2,1-2H3. The molecule has 1 atom stereocenters. The largest absolute Gasteiger partial charge is 0.480 e. The Kier molecular flexibility index (Phi) is 4.70. The summed E-state index contributed by atoms with van der Waals surface area (Å²) in [4.78, 5) is 0. The number of nitrogens with zero attached hydrogens (tertiary/aromatic N) is 2. The van der Waals surface area contributed by atoms with Gasteiger partial charge < -0.3 is 10.1 Å². The number of rotatable bonds is 5. The van der Waals surface area contributed by atoms with Crippen LogP contribution in [0.4, 0.5) is 0 Å². The number of hydrogen-bond acceptors (Lipinski definition) is 4. The fourth-order valence-corrected chi connectivity index (χ4v) is 2.35. The molecule has 2 rings (SSSR count). The molecule has 1 heterocycles. The minimum Gasteiger partial charge on any atom is -0.480 e. The molecule has 98 valence electrons. The second kappa shape index (κ2) is 6.50. The summed E-state index contributed by atoms with van der Waals surface area (Å²) in [6.45, 7) is 3.04. The van der Waals surface area contributed by atoms with Crippen molar-refractivity contribution in [1.82, 2.24) is 15.5 Å². The molecule has 18 heavy (non-hydrogen) atoms. The van der Waals surface area contributed by atoms with E-state index in [9.17, 15) is 0 Å². The van der Waals surface area contributed by atoms with E-state index in [1.54, 1.807) is 7.11 Å². The Morgan fingerprint density at radius 2 is 2.22 bits per heavy atom. The van der Waals surface area contributed by atoms with Crippen molar-refractivity contribution in [1.29, 1.82) is 0 Å². The lowest BCUT2D eigenvalue weighted by molar-refractivity contribution is 0.390. The summed E-state index contributed by atoms with van der Waals surface area (Å²) in [7, 11) is 1.61. The van der Waals surface area contributed by atoms with E-state index in [-0.39, 0.29) is 6.04 Å². The Labute approximate surface area is 108 Å². The lowest BCUT2D eigenvalue weighted by Gasteiger charge is -2.23. The summed E-state index contributed by atoms with van der Waals surface area (Å²) in [5.41, 5.74) is 2.42. The first-order chi connectivity index (χ1) is 8.85. The molecule has 0 radical (unpaired) electrons. The molecule has 0 aromatic carbocycles. The molecule has 1 aromatic heterocycles. The van der Waals surface area contributed by atoms with E-state index in [0.717, 1.165) is 18.7 Å². The van der Waals surface area contributed by atoms with Gasteiger partial charge in [0.25, 0.3) is 0 Å². The van der Waals surface area contributed by atoms with Crippen LogP contribution >= 0.6 is 0 Å². The van der Waals surface area contributed by atoms with Crippen LogP contribution in [0.25, 0.3) is 0 Å². The predicted molar refractivity (Wildman–Crippen MR) is 71.6 cm³/mol. The maximum Gasteiger partial charge on any atom is 0.233 e. The van der Waals surface area contributed by atoms with Crippen LogP contribution in [0, 0.1) is 0 Å². The van der Waals surface area contributed by atoms with Crippen molar-refractivity contribution >= 4 is 0 Å². The van der Waals surface area contributed by atoms with Crippen LogP contribution in [0.2, 0.25) is 0 Å². The molecule has 1 aliphatic rings. The molecule has 0 fully saturated rings. The van der Waals surface area contributed by atoms with Gasteiger partial charge in [-0.15, -0.1) is 10.2 Å². The average molecular weight is 247 g/mol. The zero-order chi connectivity index (χ0) is 12.8. The maximum absolute atomic E-state index is 5.05. The monoisotopic (exact) mass is 247 g/mol. The van der Waals surface area contributed by atoms with E-state index in [1.165, 1.54) is 24.8 Å². The highest BCUT2D eigenvalue weighted by molar-refractivity contribution is 5.24. The number of nitrogens with one attached hydrogen (secondary N) is 1. The molecule has 1 N–H and O–H groups in total. The number of aromatic nitrogens is 2. The maximum atomic E-state index is 5.05. The molecular weight excluding hydrogens is 226 g/mol. The Hall–Kier alpha value is -1.42. The third-order valence-corrected chi connectivity index (χ3v) is 3.27. The van der Waals surface area contributed by atoms with E-state index >= 15 is 0 Å². The SMILES string of the molecule is CCNC(C1=CCCCC1)c1ccc(OC)nn1. The van der Waals surface area contributed by atoms with E-state index in [4.69, 9.17) is 4.74 Å². The predicted octanol–water partition coefficient (Wildman–Crippen LogP) is 2.64. The molecule has 0 aliphatic heterocycles. The number of likely N-dealkylation sites (N-methyl/N-ethyl adjacent to an activating group) is 1. The van der Waals surface area contributed by atoms with Crippen LogP contribution in [-0.4, -0.2) is 23.9 Å². The van der Waals surface area contributed by atoms with E-state index in [0.29, 0.717) is 5.88 Å². The van der Waals surface area contributed by atoms with Gasteiger partial charge in [-0.1, -0.05) is 18.6 Å². The van der Waals surface area contributed by atoms with Crippen molar-refractivity contribution in [2.24, 2.45) is 0 Å². The normalized spacial score (nSPS) is 17.1. The second-order valence-electron chi connectivity index (χ2n) is 4.52. The molecule has 0 saturated heterocycles. The lowest BCUT2D eigenvalue weighted by Crippen LogP contribution is -2.24. The minimum atomic E-state index is 0.203. The Balaban J connectivity index is 2.19. The van der Waals surface area contributed by atoms with Gasteiger partial charge in [0.05, 0.1) is 18.8 Å². The number of methoxy groups -OCH3 is 1. The zero-order valence-corrected chi connectivity index (χ0v) is 11.1. The van der Waals surface area contributed by atoms with Crippen LogP contribution in [0.15, 0.2) is 23.8 Å². The van der Waals surface area contributed by atoms with Crippen LogP contribution in [0.1, 0.15) is 44.3 Å². The number of allylic oxidation sites excluding steroid dienone is 1. The van der Waals surface area contributed by atoms with Crippen molar-refractivity contribution < 1.29 is 4.74 Å². The molecular formula is C14H21N3O. The van der Waals surface area contributed by atoms with Gasteiger partial charge in [0.15, 0.2) is 0 Å². The fourth-order valence-electron chi connectivity index (χ4n) is 2.35. The Morgan fingerprint density at radius 1 is 1.33 bits per heavy atom. The molecule has 1 unspecified atom stereocenters. The van der Waals surface area contributed by atoms with Gasteiger partial charge in [-0.05, 0) is 38.3 Å². The summed E-state index contributed by atoms with van der Waals surface area (Å²) < 4.78 is 5.05. The third-order valence-electron chi connectivity index (χ3n) is 3.27. The van der Waals surface area contributed by atoms with E-state index in [1.807, 2.05) is 12.1 Å². The van der Waals surface area contributed by atoms with E-state index < -0.39 is 0 Å². The minimum absolute atomic E-state index is 0.203. The van der Waals surface area contributed by atoms with Crippen LogP contribution in [-0.2, 0) is 0 Å². The van der Waals surface area contributed by atoms with E-state index in [2.05, 4.69) is 28.5 Å². The molecule has 0 saturated carbocycles. The highest BCUT2D eigenvalue weighted by Gasteiger charge is 2.18. The first-order valence-electron chi connectivity index (χ1n) is 6.65. The highest BCUT2D eigenvalue weighted by atomic mass is 16.5. The van der Waals surface area contributed by atoms with Gasteiger partial charge in [-0.3, -0.25) is 0 Å². The molecule has 4 heteroatoms. The third kappa shape index (κ3) is 3.07. The van der Waals surface area contributed by atoms with Crippen LogP contribution in [0.3, 0.4) is 0 Å². The van der Waals surface area contributed by atoms with Crippen molar-refractivity contribution in [3.63, 3.8) is 0 Å². The zero-order valence-electron chi connectivity index (χ0n) is 11.1. The molecule has 1 aromatic rings. The van der Waals surface area contributed by atoms with Crippen LogP contribution in [0.5, 0.6) is 5.88 Å². The van der Waals surface area contributed by atoms with Gasteiger partial charge in [-0.25, -0.2) is 0 Å². The summed E-state index contributed by atoms with van der Waals surface area (Å²) in [5.74, 6) is 0.562. The molecule has 1 aliphatic carbocycles. The molecule has 0 spiro atoms. The summed E-state index contributed by atoms with van der Waals surface area (Å²) in [6, 6.07) is 4.07. The fraction of sp³-hybridized carbons (Fsp3) is 0.571. The summed E-state index contributed by atoms with van der Waals surface area (Å²) >= 11 is 0. The highest BCUT2D eigenvalue weighted by Crippen LogP contribution is 2.28. The summed E-state index contributed by atoms with van der Waals surface area (Å²) in [5, 5.41) is 11.8. The quantitative estimate of drug-likeness (QED) is 0.813. The second-order valence-corrected chi connectivity index (χ2v) is 4.52. The molecule has 0 bridgehead atoms. The first kappa shape index (κ1) is 13.0. The van der Waals surface area contributed by atoms with Crippen LogP contribution < -0.4 is 10.1 Å². The first-order valence-corrected chi connectivity index (χ1v) is 6.65. The van der Waals surface area contributed by atoms with Crippen molar-refractivity contribution in [3.05, 3.63) is 29.5 Å². The lowest BCUT2D eigenvalue weighted by atomic mass is 9.92. The molecule has 0 amide bonds. The topological polar surface area (TPSA) is 47.0 Å². The van der Waals surface area contributed by atoms with Crippen molar-refractivity contribution in [2.75, 3.05) is 13.7 Å². The smallest absolute Gasteiger partial charge is 0.233 e.